The van der Waals surface area contributed by atoms with Crippen LogP contribution in [-0.2, 0) is 9.53 Å². The molecule has 0 aromatic heterocycles. The van der Waals surface area contributed by atoms with Crippen LogP contribution in [-0.4, -0.2) is 59.6 Å². The zero-order valence-corrected chi connectivity index (χ0v) is 15.5. The topological polar surface area (TPSA) is 75.9 Å². The summed E-state index contributed by atoms with van der Waals surface area (Å²) in [5.41, 5.74) is 5.46. The van der Waals surface area contributed by atoms with Crippen LogP contribution in [0.3, 0.4) is 0 Å². The van der Waals surface area contributed by atoms with Crippen molar-refractivity contribution >= 4 is 12.0 Å². The van der Waals surface area contributed by atoms with Crippen LogP contribution in [0.15, 0.2) is 0 Å². The lowest BCUT2D eigenvalue weighted by molar-refractivity contribution is -0.132. The monoisotopic (exact) mass is 327 g/mol. The summed E-state index contributed by atoms with van der Waals surface area (Å²) in [5.74, 6) is 0.434. The Hall–Kier alpha value is -1.30. The van der Waals surface area contributed by atoms with Crippen molar-refractivity contribution in [3.63, 3.8) is 0 Å². The molecule has 23 heavy (non-hydrogen) atoms. The summed E-state index contributed by atoms with van der Waals surface area (Å²) in [6, 6.07) is -0.443. The Morgan fingerprint density at radius 1 is 1.35 bits per heavy atom. The van der Waals surface area contributed by atoms with Crippen LogP contribution in [0.5, 0.6) is 0 Å². The molecule has 6 nitrogen and oxygen atoms in total. The van der Waals surface area contributed by atoms with Gasteiger partial charge in [0.15, 0.2) is 0 Å². The second-order valence-corrected chi connectivity index (χ2v) is 7.73. The first-order valence-electron chi connectivity index (χ1n) is 8.57. The fourth-order valence-electron chi connectivity index (χ4n) is 2.65. The average molecular weight is 327 g/mol. The highest BCUT2D eigenvalue weighted by atomic mass is 16.6. The number of likely N-dealkylation sites (tertiary alicyclic amines) is 1. The third-order valence-electron chi connectivity index (χ3n) is 4.11. The second kappa shape index (κ2) is 7.99. The van der Waals surface area contributed by atoms with Crippen molar-refractivity contribution in [2.24, 2.45) is 17.6 Å². The Bertz CT molecular complexity index is 418. The van der Waals surface area contributed by atoms with E-state index in [4.69, 9.17) is 10.5 Å². The first-order chi connectivity index (χ1) is 10.5. The molecule has 0 aromatic carbocycles. The Morgan fingerprint density at radius 3 is 2.43 bits per heavy atom. The largest absolute Gasteiger partial charge is 0.444 e. The zero-order valence-electron chi connectivity index (χ0n) is 15.5. The third-order valence-corrected chi connectivity index (χ3v) is 4.11. The van der Waals surface area contributed by atoms with E-state index in [9.17, 15) is 9.59 Å². The van der Waals surface area contributed by atoms with Crippen molar-refractivity contribution in [3.05, 3.63) is 0 Å². The molecule has 2 atom stereocenters. The molecule has 0 radical (unpaired) electrons. The summed E-state index contributed by atoms with van der Waals surface area (Å²) in [7, 11) is 0. The van der Waals surface area contributed by atoms with Gasteiger partial charge in [0, 0.05) is 26.2 Å². The van der Waals surface area contributed by atoms with Crippen molar-refractivity contribution in [3.8, 4) is 0 Å². The maximum Gasteiger partial charge on any atom is 0.410 e. The van der Waals surface area contributed by atoms with E-state index in [0.717, 1.165) is 13.0 Å². The van der Waals surface area contributed by atoms with E-state index < -0.39 is 11.6 Å². The van der Waals surface area contributed by atoms with Gasteiger partial charge in [-0.3, -0.25) is 4.79 Å². The number of carbonyl (C=O) groups is 2. The minimum Gasteiger partial charge on any atom is -0.444 e. The Balaban J connectivity index is 2.55. The van der Waals surface area contributed by atoms with Crippen LogP contribution in [0.2, 0.25) is 0 Å². The molecule has 0 aromatic rings. The molecule has 0 aliphatic carbocycles. The number of hydrogen-bond donors (Lipinski definition) is 1. The SMILES string of the molecule is CCN(CC1CCN(C(=O)C(N)C(C)C)C1)C(=O)OC(C)(C)C. The van der Waals surface area contributed by atoms with Gasteiger partial charge in [-0.25, -0.2) is 4.79 Å². The van der Waals surface area contributed by atoms with Gasteiger partial charge in [0.1, 0.15) is 5.60 Å². The average Bonchev–Trinajstić information content (AvgIpc) is 2.89. The number of amides is 2. The van der Waals surface area contributed by atoms with Gasteiger partial charge in [0.25, 0.3) is 0 Å². The molecular formula is C17H33N3O3. The predicted octanol–water partition coefficient (Wildman–Crippen LogP) is 2.08. The first kappa shape index (κ1) is 19.7. The standard InChI is InChI=1S/C17H33N3O3/c1-7-19(16(22)23-17(4,5)6)10-13-8-9-20(11-13)15(21)14(18)12(2)3/h12-14H,7-11,18H2,1-6H3. The highest BCUT2D eigenvalue weighted by molar-refractivity contribution is 5.82. The highest BCUT2D eigenvalue weighted by Gasteiger charge is 2.32. The van der Waals surface area contributed by atoms with E-state index in [1.165, 1.54) is 0 Å². The van der Waals surface area contributed by atoms with Crippen LogP contribution in [0.1, 0.15) is 48.0 Å². The van der Waals surface area contributed by atoms with Crippen molar-refractivity contribution in [2.45, 2.75) is 59.6 Å². The summed E-state index contributed by atoms with van der Waals surface area (Å²) in [5, 5.41) is 0. The molecule has 1 aliphatic rings. The van der Waals surface area contributed by atoms with Crippen molar-refractivity contribution in [1.82, 2.24) is 9.80 Å². The molecule has 2 amide bonds. The van der Waals surface area contributed by atoms with Gasteiger partial charge in [-0.2, -0.15) is 0 Å². The summed E-state index contributed by atoms with van der Waals surface area (Å²) < 4.78 is 5.43. The molecule has 1 rings (SSSR count). The number of rotatable bonds is 5. The number of carbonyl (C=O) groups excluding carboxylic acids is 2. The molecule has 0 spiro atoms. The fourth-order valence-corrected chi connectivity index (χ4v) is 2.65. The van der Waals surface area contributed by atoms with Crippen molar-refractivity contribution in [2.75, 3.05) is 26.2 Å². The van der Waals surface area contributed by atoms with Gasteiger partial charge in [-0.05, 0) is 46.0 Å². The summed E-state index contributed by atoms with van der Waals surface area (Å²) in [6.45, 7) is 14.0. The molecule has 134 valence electrons. The normalized spacial score (nSPS) is 19.8. The molecule has 1 fully saturated rings. The molecule has 1 saturated heterocycles. The van der Waals surface area contributed by atoms with E-state index in [0.29, 0.717) is 19.6 Å². The predicted molar refractivity (Wildman–Crippen MR) is 91.0 cm³/mol. The zero-order chi connectivity index (χ0) is 17.8. The molecule has 1 aliphatic heterocycles. The van der Waals surface area contributed by atoms with Crippen LogP contribution in [0.25, 0.3) is 0 Å². The molecular weight excluding hydrogens is 294 g/mol. The van der Waals surface area contributed by atoms with Crippen molar-refractivity contribution < 1.29 is 14.3 Å². The number of nitrogens with two attached hydrogens (primary N) is 1. The number of hydrogen-bond acceptors (Lipinski definition) is 4. The molecule has 0 bridgehead atoms. The molecule has 0 saturated carbocycles. The van der Waals surface area contributed by atoms with Gasteiger partial charge in [-0.15, -0.1) is 0 Å². The van der Waals surface area contributed by atoms with E-state index in [-0.39, 0.29) is 23.8 Å². The van der Waals surface area contributed by atoms with Gasteiger partial charge in [0.2, 0.25) is 5.91 Å². The summed E-state index contributed by atoms with van der Waals surface area (Å²) >= 11 is 0. The van der Waals surface area contributed by atoms with Gasteiger partial charge in [0.05, 0.1) is 6.04 Å². The highest BCUT2D eigenvalue weighted by Crippen LogP contribution is 2.20. The van der Waals surface area contributed by atoms with Crippen LogP contribution in [0.4, 0.5) is 4.79 Å². The Morgan fingerprint density at radius 2 is 1.96 bits per heavy atom. The quantitative estimate of drug-likeness (QED) is 0.839. The summed E-state index contributed by atoms with van der Waals surface area (Å²) in [6.07, 6.45) is 0.610. The van der Waals surface area contributed by atoms with Gasteiger partial charge < -0.3 is 20.3 Å². The molecule has 2 N–H and O–H groups in total. The maximum absolute atomic E-state index is 12.3. The van der Waals surface area contributed by atoms with E-state index in [2.05, 4.69) is 0 Å². The molecule has 6 heteroatoms. The Kier molecular flexibility index (Phi) is 6.86. The van der Waals surface area contributed by atoms with E-state index in [1.54, 1.807) is 4.90 Å². The lowest BCUT2D eigenvalue weighted by Gasteiger charge is -2.28. The Labute approximate surface area is 140 Å². The first-order valence-corrected chi connectivity index (χ1v) is 8.57. The van der Waals surface area contributed by atoms with Crippen molar-refractivity contribution in [1.29, 1.82) is 0 Å². The fraction of sp³-hybridized carbons (Fsp3) is 0.882. The van der Waals surface area contributed by atoms with Crippen LogP contribution >= 0.6 is 0 Å². The smallest absolute Gasteiger partial charge is 0.410 e. The minimum absolute atomic E-state index is 0.0165. The van der Waals surface area contributed by atoms with Gasteiger partial charge >= 0.3 is 6.09 Å². The number of ether oxygens (including phenoxy) is 1. The lowest BCUT2D eigenvalue weighted by Crippen LogP contribution is -2.46. The molecule has 1 heterocycles. The van der Waals surface area contributed by atoms with E-state index >= 15 is 0 Å². The maximum atomic E-state index is 12.3. The molecule has 2 unspecified atom stereocenters. The van der Waals surface area contributed by atoms with Crippen LogP contribution < -0.4 is 5.73 Å². The number of nitrogens with zero attached hydrogens (tertiary/aromatic N) is 2. The lowest BCUT2D eigenvalue weighted by atomic mass is 10.0. The van der Waals surface area contributed by atoms with Gasteiger partial charge in [-0.1, -0.05) is 13.8 Å². The second-order valence-electron chi connectivity index (χ2n) is 7.73. The summed E-state index contributed by atoms with van der Waals surface area (Å²) in [4.78, 5) is 28.0. The van der Waals surface area contributed by atoms with E-state index in [1.807, 2.05) is 46.4 Å². The van der Waals surface area contributed by atoms with Crippen LogP contribution in [0, 0.1) is 11.8 Å². The minimum atomic E-state index is -0.494. The third kappa shape index (κ3) is 6.01.